The van der Waals surface area contributed by atoms with Gasteiger partial charge < -0.3 is 9.30 Å². The molecule has 0 amide bonds. The number of rotatable bonds is 6. The minimum Gasteiger partial charge on any atom is -0.462 e. The Morgan fingerprint density at radius 1 is 1.12 bits per heavy atom. The average molecular weight is 426 g/mol. The second-order valence-corrected chi connectivity index (χ2v) is 7.31. The summed E-state index contributed by atoms with van der Waals surface area (Å²) in [6.45, 7) is 4.32. The third-order valence-electron chi connectivity index (χ3n) is 5.34. The standard InChI is InChI=1S/C25H22N4O3/c1-3-18-16-28(23-22(25(31)32-4-2)14-27-29(23)24(18)30)15-17-9-11-19(12-10-17)21-8-6-5-7-20(21)13-26/h5-12,14,16H,3-4,15H2,1-2H3. The average Bonchev–Trinajstić information content (AvgIpc) is 3.28. The summed E-state index contributed by atoms with van der Waals surface area (Å²) in [5.41, 5.74) is 4.45. The normalized spacial score (nSPS) is 10.8. The molecule has 0 atom stereocenters. The van der Waals surface area contributed by atoms with Crippen LogP contribution in [-0.4, -0.2) is 26.8 Å². The lowest BCUT2D eigenvalue weighted by molar-refractivity contribution is 0.0528. The van der Waals surface area contributed by atoms with Gasteiger partial charge in [-0.2, -0.15) is 14.9 Å². The maximum Gasteiger partial charge on any atom is 0.343 e. The van der Waals surface area contributed by atoms with E-state index in [0.29, 0.717) is 29.7 Å². The summed E-state index contributed by atoms with van der Waals surface area (Å²) in [6.07, 6.45) is 3.71. The van der Waals surface area contributed by atoms with Crippen LogP contribution in [0, 0.1) is 11.3 Å². The number of nitriles is 1. The Balaban J connectivity index is 1.76. The number of aromatic nitrogens is 3. The molecule has 0 fully saturated rings. The number of aryl methyl sites for hydroxylation is 1. The summed E-state index contributed by atoms with van der Waals surface area (Å²) in [6, 6.07) is 17.6. The zero-order valence-electron chi connectivity index (χ0n) is 17.9. The Morgan fingerprint density at radius 2 is 1.88 bits per heavy atom. The molecule has 0 N–H and O–H groups in total. The lowest BCUT2D eigenvalue weighted by atomic mass is 9.99. The maximum absolute atomic E-state index is 12.7. The zero-order valence-corrected chi connectivity index (χ0v) is 17.9. The van der Waals surface area contributed by atoms with Crippen molar-refractivity contribution in [3.05, 3.63) is 93.5 Å². The van der Waals surface area contributed by atoms with Crippen molar-refractivity contribution in [3.8, 4) is 17.2 Å². The third kappa shape index (κ3) is 3.79. The van der Waals surface area contributed by atoms with E-state index in [9.17, 15) is 14.9 Å². The first kappa shape index (κ1) is 21.1. The minimum atomic E-state index is -0.511. The Labute approximate surface area is 185 Å². The molecule has 160 valence electrons. The first-order valence-corrected chi connectivity index (χ1v) is 10.4. The van der Waals surface area contributed by atoms with Crippen molar-refractivity contribution < 1.29 is 9.53 Å². The van der Waals surface area contributed by atoms with Gasteiger partial charge in [0.25, 0.3) is 5.56 Å². The molecular weight excluding hydrogens is 404 g/mol. The largest absolute Gasteiger partial charge is 0.462 e. The number of benzene rings is 2. The number of fused-ring (bicyclic) bond motifs is 1. The van der Waals surface area contributed by atoms with E-state index in [2.05, 4.69) is 11.2 Å². The van der Waals surface area contributed by atoms with Crippen molar-refractivity contribution in [2.24, 2.45) is 0 Å². The van der Waals surface area contributed by atoms with Crippen molar-refractivity contribution in [2.75, 3.05) is 6.61 Å². The van der Waals surface area contributed by atoms with Crippen LogP contribution in [-0.2, 0) is 17.7 Å². The van der Waals surface area contributed by atoms with Gasteiger partial charge in [-0.25, -0.2) is 4.79 Å². The molecule has 2 aromatic carbocycles. The van der Waals surface area contributed by atoms with E-state index in [4.69, 9.17) is 4.74 Å². The van der Waals surface area contributed by atoms with Crippen molar-refractivity contribution >= 4 is 11.6 Å². The highest BCUT2D eigenvalue weighted by atomic mass is 16.5. The van der Waals surface area contributed by atoms with Crippen LogP contribution >= 0.6 is 0 Å². The van der Waals surface area contributed by atoms with Crippen LogP contribution in [0.3, 0.4) is 0 Å². The number of ether oxygens (including phenoxy) is 1. The number of carbonyl (C=O) groups excluding carboxylic acids is 1. The van der Waals surface area contributed by atoms with Crippen molar-refractivity contribution in [1.29, 1.82) is 5.26 Å². The molecule has 0 radical (unpaired) electrons. The third-order valence-corrected chi connectivity index (χ3v) is 5.34. The first-order valence-electron chi connectivity index (χ1n) is 10.4. The highest BCUT2D eigenvalue weighted by molar-refractivity contribution is 5.95. The molecule has 0 aliphatic rings. The van der Waals surface area contributed by atoms with Gasteiger partial charge in [-0.15, -0.1) is 0 Å². The van der Waals surface area contributed by atoms with Gasteiger partial charge in [0.2, 0.25) is 0 Å². The molecule has 0 unspecified atom stereocenters. The molecule has 0 saturated carbocycles. The van der Waals surface area contributed by atoms with E-state index >= 15 is 0 Å². The van der Waals surface area contributed by atoms with Gasteiger partial charge >= 0.3 is 5.97 Å². The van der Waals surface area contributed by atoms with Gasteiger partial charge in [0, 0.05) is 18.3 Å². The number of esters is 1. The van der Waals surface area contributed by atoms with Crippen LogP contribution in [0.1, 0.15) is 40.9 Å². The molecule has 0 aliphatic carbocycles. The van der Waals surface area contributed by atoms with E-state index in [1.807, 2.05) is 54.0 Å². The predicted molar refractivity (Wildman–Crippen MR) is 120 cm³/mol. The summed E-state index contributed by atoms with van der Waals surface area (Å²) < 4.78 is 8.27. The fraction of sp³-hybridized carbons (Fsp3) is 0.200. The molecule has 7 nitrogen and oxygen atoms in total. The molecule has 7 heteroatoms. The fourth-order valence-corrected chi connectivity index (χ4v) is 3.74. The van der Waals surface area contributed by atoms with Crippen molar-refractivity contribution in [1.82, 2.24) is 14.2 Å². The highest BCUT2D eigenvalue weighted by Crippen LogP contribution is 2.24. The molecule has 0 spiro atoms. The first-order chi connectivity index (χ1) is 15.6. The van der Waals surface area contributed by atoms with Crippen LogP contribution in [0.2, 0.25) is 0 Å². The van der Waals surface area contributed by atoms with Crippen LogP contribution in [0.4, 0.5) is 0 Å². The van der Waals surface area contributed by atoms with Crippen LogP contribution in [0.15, 0.2) is 65.7 Å². The molecular formula is C25H22N4O3. The second-order valence-electron chi connectivity index (χ2n) is 7.31. The molecule has 0 bridgehead atoms. The van der Waals surface area contributed by atoms with Gasteiger partial charge in [-0.3, -0.25) is 4.79 Å². The Hall–Kier alpha value is -4.18. The van der Waals surface area contributed by atoms with Crippen molar-refractivity contribution in [2.45, 2.75) is 26.8 Å². The monoisotopic (exact) mass is 426 g/mol. The van der Waals surface area contributed by atoms with Crippen molar-refractivity contribution in [3.63, 3.8) is 0 Å². The van der Waals surface area contributed by atoms with Crippen LogP contribution in [0.25, 0.3) is 16.8 Å². The van der Waals surface area contributed by atoms with E-state index in [1.54, 1.807) is 19.2 Å². The van der Waals surface area contributed by atoms with Gasteiger partial charge in [0.15, 0.2) is 5.65 Å². The molecule has 4 aromatic rings. The Bertz CT molecular complexity index is 1390. The van der Waals surface area contributed by atoms with E-state index in [0.717, 1.165) is 16.7 Å². The minimum absolute atomic E-state index is 0.235. The smallest absolute Gasteiger partial charge is 0.343 e. The second kappa shape index (κ2) is 8.90. The lowest BCUT2D eigenvalue weighted by Gasteiger charge is -2.13. The maximum atomic E-state index is 12.7. The summed E-state index contributed by atoms with van der Waals surface area (Å²) in [5.74, 6) is -0.511. The topological polar surface area (TPSA) is 89.4 Å². The van der Waals surface area contributed by atoms with Gasteiger partial charge in [0.05, 0.1) is 24.4 Å². The fourth-order valence-electron chi connectivity index (χ4n) is 3.74. The Morgan fingerprint density at radius 3 is 2.56 bits per heavy atom. The molecule has 2 heterocycles. The van der Waals surface area contributed by atoms with E-state index < -0.39 is 5.97 Å². The molecule has 32 heavy (non-hydrogen) atoms. The summed E-state index contributed by atoms with van der Waals surface area (Å²) in [5, 5.41) is 13.5. The molecule has 0 aliphatic heterocycles. The quantitative estimate of drug-likeness (QED) is 0.437. The van der Waals surface area contributed by atoms with Gasteiger partial charge in [-0.05, 0) is 36.1 Å². The van der Waals surface area contributed by atoms with E-state index in [1.165, 1.54) is 10.7 Å². The summed E-state index contributed by atoms with van der Waals surface area (Å²) in [7, 11) is 0. The number of nitrogens with zero attached hydrogens (tertiary/aromatic N) is 4. The van der Waals surface area contributed by atoms with Crippen LogP contribution in [0.5, 0.6) is 0 Å². The van der Waals surface area contributed by atoms with E-state index in [-0.39, 0.29) is 17.7 Å². The highest BCUT2D eigenvalue weighted by Gasteiger charge is 2.20. The number of hydrogen-bond donors (Lipinski definition) is 0. The summed E-state index contributed by atoms with van der Waals surface area (Å²) in [4.78, 5) is 25.2. The lowest BCUT2D eigenvalue weighted by Crippen LogP contribution is -2.23. The number of hydrogen-bond acceptors (Lipinski definition) is 5. The van der Waals surface area contributed by atoms with Gasteiger partial charge in [-0.1, -0.05) is 49.4 Å². The molecule has 0 saturated heterocycles. The van der Waals surface area contributed by atoms with Crippen LogP contribution < -0.4 is 5.56 Å². The predicted octanol–water partition coefficient (Wildman–Crippen LogP) is 3.82. The molecule has 2 aromatic heterocycles. The number of carbonyl (C=O) groups is 1. The molecule has 4 rings (SSSR count). The summed E-state index contributed by atoms with van der Waals surface area (Å²) >= 11 is 0. The van der Waals surface area contributed by atoms with Gasteiger partial charge in [0.1, 0.15) is 5.56 Å². The Kier molecular flexibility index (Phi) is 5.86. The zero-order chi connectivity index (χ0) is 22.7. The SMILES string of the molecule is CCOC(=O)c1cnn2c(=O)c(CC)cn(Cc3ccc(-c4ccccc4C#N)cc3)c12.